The molecule has 0 heterocycles. The number of carbonyl (C=O) groups is 1. The van der Waals surface area contributed by atoms with Gasteiger partial charge in [0, 0.05) is 15.6 Å². The monoisotopic (exact) mass is 464 g/mol. The first-order chi connectivity index (χ1) is 11.2. The summed E-state index contributed by atoms with van der Waals surface area (Å²) in [7, 11) is 0. The summed E-state index contributed by atoms with van der Waals surface area (Å²) in [5, 5.41) is 13.5. The minimum atomic E-state index is -4.46. The van der Waals surface area contributed by atoms with Crippen LogP contribution in [0.15, 0.2) is 50.4 Å². The van der Waals surface area contributed by atoms with Crippen molar-refractivity contribution >= 4 is 44.0 Å². The van der Waals surface area contributed by atoms with E-state index in [1.165, 1.54) is 6.21 Å². The molecule has 0 saturated carbocycles. The van der Waals surface area contributed by atoms with Crippen LogP contribution in [-0.4, -0.2) is 17.2 Å². The van der Waals surface area contributed by atoms with Crippen molar-refractivity contribution in [3.63, 3.8) is 0 Å². The van der Waals surface area contributed by atoms with Crippen molar-refractivity contribution in [2.24, 2.45) is 5.10 Å². The zero-order chi connectivity index (χ0) is 17.9. The van der Waals surface area contributed by atoms with Gasteiger partial charge in [-0.15, -0.1) is 0 Å². The van der Waals surface area contributed by atoms with Gasteiger partial charge in [-0.1, -0.05) is 15.9 Å². The lowest BCUT2D eigenvalue weighted by Crippen LogP contribution is -2.18. The minimum absolute atomic E-state index is 0.0276. The van der Waals surface area contributed by atoms with Crippen LogP contribution in [0.3, 0.4) is 0 Å². The maximum atomic E-state index is 12.5. The lowest BCUT2D eigenvalue weighted by atomic mass is 10.1. The van der Waals surface area contributed by atoms with Gasteiger partial charge in [0.1, 0.15) is 5.75 Å². The van der Waals surface area contributed by atoms with Gasteiger partial charge in [0.15, 0.2) is 0 Å². The molecule has 0 aliphatic rings. The van der Waals surface area contributed by atoms with Gasteiger partial charge in [-0.2, -0.15) is 18.3 Å². The highest BCUT2D eigenvalue weighted by Gasteiger charge is 2.30. The van der Waals surface area contributed by atoms with Crippen molar-refractivity contribution in [2.45, 2.75) is 6.18 Å². The molecule has 0 spiro atoms. The van der Waals surface area contributed by atoms with Gasteiger partial charge in [0.25, 0.3) is 5.91 Å². The highest BCUT2D eigenvalue weighted by atomic mass is 79.9. The highest BCUT2D eigenvalue weighted by molar-refractivity contribution is 9.11. The number of nitrogens with one attached hydrogen (secondary N) is 1. The Bertz CT molecular complexity index is 791. The quantitative estimate of drug-likeness (QED) is 0.509. The fourth-order valence-electron chi connectivity index (χ4n) is 1.72. The molecule has 0 atom stereocenters. The lowest BCUT2D eigenvalue weighted by Gasteiger charge is -2.07. The highest BCUT2D eigenvalue weighted by Crippen LogP contribution is 2.31. The smallest absolute Gasteiger partial charge is 0.416 e. The van der Waals surface area contributed by atoms with Crippen LogP contribution in [-0.2, 0) is 6.18 Å². The topological polar surface area (TPSA) is 61.7 Å². The van der Waals surface area contributed by atoms with E-state index in [0.29, 0.717) is 14.5 Å². The fourth-order valence-corrected chi connectivity index (χ4v) is 2.98. The number of nitrogens with zero attached hydrogens (tertiary/aromatic N) is 1. The predicted molar refractivity (Wildman–Crippen MR) is 90.0 cm³/mol. The van der Waals surface area contributed by atoms with Crippen molar-refractivity contribution in [2.75, 3.05) is 0 Å². The van der Waals surface area contributed by atoms with Crippen LogP contribution in [0.2, 0.25) is 0 Å². The molecule has 0 aliphatic heterocycles. The Morgan fingerprint density at radius 2 is 1.79 bits per heavy atom. The average molecular weight is 466 g/mol. The first kappa shape index (κ1) is 18.5. The second-order valence-corrected chi connectivity index (χ2v) is 6.37. The Labute approximate surface area is 151 Å². The zero-order valence-electron chi connectivity index (χ0n) is 11.7. The Kier molecular flexibility index (Phi) is 5.66. The molecule has 0 radical (unpaired) electrons. The van der Waals surface area contributed by atoms with Crippen molar-refractivity contribution < 1.29 is 23.1 Å². The molecule has 4 nitrogen and oxygen atoms in total. The molecule has 2 aromatic carbocycles. The Hall–Kier alpha value is -1.87. The van der Waals surface area contributed by atoms with E-state index in [1.807, 2.05) is 0 Å². The van der Waals surface area contributed by atoms with Crippen molar-refractivity contribution in [1.29, 1.82) is 0 Å². The molecule has 0 aromatic heterocycles. The van der Waals surface area contributed by atoms with E-state index in [-0.39, 0.29) is 11.3 Å². The van der Waals surface area contributed by atoms with E-state index in [4.69, 9.17) is 0 Å². The van der Waals surface area contributed by atoms with Gasteiger partial charge >= 0.3 is 6.18 Å². The average Bonchev–Trinajstić information content (AvgIpc) is 2.51. The van der Waals surface area contributed by atoms with Crippen LogP contribution in [0.4, 0.5) is 13.2 Å². The van der Waals surface area contributed by atoms with E-state index in [1.54, 1.807) is 12.1 Å². The minimum Gasteiger partial charge on any atom is -0.506 e. The molecule has 0 saturated heterocycles. The second-order valence-electron chi connectivity index (χ2n) is 4.60. The van der Waals surface area contributed by atoms with Crippen LogP contribution < -0.4 is 5.43 Å². The summed E-state index contributed by atoms with van der Waals surface area (Å²) in [6, 6.07) is 6.95. The van der Waals surface area contributed by atoms with Crippen LogP contribution in [0.1, 0.15) is 21.5 Å². The van der Waals surface area contributed by atoms with Crippen molar-refractivity contribution in [3.8, 4) is 5.75 Å². The number of phenolic OH excluding ortho intramolecular Hbond substituents is 1. The second kappa shape index (κ2) is 7.35. The first-order valence-corrected chi connectivity index (χ1v) is 7.96. The number of hydrogen-bond donors (Lipinski definition) is 2. The third kappa shape index (κ3) is 4.57. The molecule has 0 unspecified atom stereocenters. The summed E-state index contributed by atoms with van der Waals surface area (Å²) < 4.78 is 38.5. The van der Waals surface area contributed by atoms with Crippen LogP contribution in [0.25, 0.3) is 0 Å². The van der Waals surface area contributed by atoms with Gasteiger partial charge in [-0.05, 0) is 52.3 Å². The molecule has 2 N–H and O–H groups in total. The largest absolute Gasteiger partial charge is 0.506 e. The lowest BCUT2D eigenvalue weighted by molar-refractivity contribution is -0.137. The molecule has 9 heteroatoms. The molecule has 126 valence electrons. The van der Waals surface area contributed by atoms with Crippen LogP contribution >= 0.6 is 31.9 Å². The Morgan fingerprint density at radius 1 is 1.17 bits per heavy atom. The first-order valence-electron chi connectivity index (χ1n) is 6.37. The van der Waals surface area contributed by atoms with Gasteiger partial charge < -0.3 is 5.11 Å². The normalized spacial score (nSPS) is 11.7. The third-order valence-corrected chi connectivity index (χ3v) is 3.96. The number of alkyl halides is 3. The molecular formula is C15H9Br2F3N2O2. The summed E-state index contributed by atoms with van der Waals surface area (Å²) in [6.07, 6.45) is -3.24. The summed E-state index contributed by atoms with van der Waals surface area (Å²) in [5.41, 5.74) is 1.70. The zero-order valence-corrected chi connectivity index (χ0v) is 14.9. The maximum Gasteiger partial charge on any atom is 0.416 e. The molecular weight excluding hydrogens is 457 g/mol. The van der Waals surface area contributed by atoms with E-state index < -0.39 is 17.6 Å². The van der Waals surface area contributed by atoms with E-state index in [9.17, 15) is 23.1 Å². The standard InChI is InChI=1S/C15H9Br2F3N2O2/c16-11-5-9(13(23)12(17)6-11)7-21-22-14(24)8-1-3-10(4-2-8)15(18,19)20/h1-7,23H,(H,22,24)/b21-7+. The maximum absolute atomic E-state index is 12.5. The summed E-state index contributed by atoms with van der Waals surface area (Å²) >= 11 is 6.40. The van der Waals surface area contributed by atoms with Gasteiger partial charge in [0.05, 0.1) is 16.3 Å². The number of rotatable bonds is 3. The molecule has 2 rings (SSSR count). The SMILES string of the molecule is O=C(N/N=C/c1cc(Br)cc(Br)c1O)c1ccc(C(F)(F)F)cc1. The van der Waals surface area contributed by atoms with Crippen LogP contribution in [0.5, 0.6) is 5.75 Å². The number of hydrazone groups is 1. The molecule has 1 amide bonds. The predicted octanol–water partition coefficient (Wildman–Crippen LogP) is 4.70. The number of hydrogen-bond acceptors (Lipinski definition) is 3. The molecule has 0 fully saturated rings. The third-order valence-electron chi connectivity index (χ3n) is 2.90. The summed E-state index contributed by atoms with van der Waals surface area (Å²) in [6.45, 7) is 0. The fraction of sp³-hybridized carbons (Fsp3) is 0.0667. The molecule has 2 aromatic rings. The molecule has 0 bridgehead atoms. The van der Waals surface area contributed by atoms with Crippen LogP contribution in [0, 0.1) is 0 Å². The summed E-state index contributed by atoms with van der Waals surface area (Å²) in [4.78, 5) is 11.8. The molecule has 0 aliphatic carbocycles. The molecule has 24 heavy (non-hydrogen) atoms. The van der Waals surface area contributed by atoms with E-state index >= 15 is 0 Å². The number of carbonyl (C=O) groups excluding carboxylic acids is 1. The Balaban J connectivity index is 2.08. The van der Waals surface area contributed by atoms with Gasteiger partial charge in [-0.3, -0.25) is 4.79 Å². The number of amides is 1. The van der Waals surface area contributed by atoms with E-state index in [2.05, 4.69) is 42.4 Å². The number of benzene rings is 2. The number of aromatic hydroxyl groups is 1. The number of halogens is 5. The van der Waals surface area contributed by atoms with Gasteiger partial charge in [0.2, 0.25) is 0 Å². The van der Waals surface area contributed by atoms with E-state index in [0.717, 1.165) is 24.3 Å². The summed E-state index contributed by atoms with van der Waals surface area (Å²) in [5.74, 6) is -0.737. The van der Waals surface area contributed by atoms with Crippen molar-refractivity contribution in [1.82, 2.24) is 5.43 Å². The Morgan fingerprint density at radius 3 is 2.38 bits per heavy atom. The van der Waals surface area contributed by atoms with Crippen molar-refractivity contribution in [3.05, 3.63) is 62.0 Å². The van der Waals surface area contributed by atoms with Gasteiger partial charge in [-0.25, -0.2) is 5.43 Å². The number of phenols is 1.